The molecule has 0 unspecified atom stereocenters. The fourth-order valence-electron chi connectivity index (χ4n) is 5.23. The number of esters is 1. The molecule has 1 amide bonds. The summed E-state index contributed by atoms with van der Waals surface area (Å²) in [7, 11) is -3.56. The molecule has 0 aromatic heterocycles. The number of amides is 1. The first-order valence-electron chi connectivity index (χ1n) is 9.68. The Labute approximate surface area is 170 Å². The molecule has 1 saturated heterocycles. The Bertz CT molecular complexity index is 1020. The summed E-state index contributed by atoms with van der Waals surface area (Å²) in [6.45, 7) is 6.98. The standard InChI is InChI=1S/C21H24N2O5S/c1-4-19(25)22-13-12-21-15-8-6-7-9-16(15)23(29(26,27)5-2)18(21)11-10-17(20(21)22)28-14(3)24/h4,6-11,17-18,20H,1,5,12-13H2,2-3H3/t17-,18+,20+,21+/m1/s1. The van der Waals surface area contributed by atoms with Crippen molar-refractivity contribution in [3.63, 3.8) is 0 Å². The van der Waals surface area contributed by atoms with E-state index in [1.165, 1.54) is 17.3 Å². The van der Waals surface area contributed by atoms with Crippen molar-refractivity contribution < 1.29 is 22.7 Å². The summed E-state index contributed by atoms with van der Waals surface area (Å²) in [5.41, 5.74) is 0.810. The van der Waals surface area contributed by atoms with Crippen LogP contribution in [0.5, 0.6) is 0 Å². The van der Waals surface area contributed by atoms with Gasteiger partial charge in [0.15, 0.2) is 0 Å². The number of fused-ring (bicyclic) bond motifs is 1. The molecular weight excluding hydrogens is 392 g/mol. The van der Waals surface area contributed by atoms with Crippen molar-refractivity contribution in [2.24, 2.45) is 0 Å². The van der Waals surface area contributed by atoms with Gasteiger partial charge < -0.3 is 9.64 Å². The number of para-hydroxylation sites is 1. The van der Waals surface area contributed by atoms with E-state index >= 15 is 0 Å². The minimum absolute atomic E-state index is 0.0326. The van der Waals surface area contributed by atoms with Crippen molar-refractivity contribution in [2.75, 3.05) is 16.6 Å². The Morgan fingerprint density at radius 1 is 1.31 bits per heavy atom. The summed E-state index contributed by atoms with van der Waals surface area (Å²) >= 11 is 0. The lowest BCUT2D eigenvalue weighted by Crippen LogP contribution is -2.60. The molecule has 2 heterocycles. The highest BCUT2D eigenvalue weighted by Gasteiger charge is 2.65. The second kappa shape index (κ2) is 6.73. The molecule has 1 aromatic rings. The topological polar surface area (TPSA) is 84.0 Å². The smallest absolute Gasteiger partial charge is 0.303 e. The van der Waals surface area contributed by atoms with Crippen LogP contribution in [0.3, 0.4) is 0 Å². The third-order valence-corrected chi connectivity index (χ3v) is 8.02. The van der Waals surface area contributed by atoms with E-state index in [0.29, 0.717) is 18.7 Å². The van der Waals surface area contributed by atoms with Crippen LogP contribution in [0.4, 0.5) is 5.69 Å². The van der Waals surface area contributed by atoms with E-state index in [4.69, 9.17) is 4.74 Å². The lowest BCUT2D eigenvalue weighted by atomic mass is 9.66. The van der Waals surface area contributed by atoms with Crippen LogP contribution in [0.25, 0.3) is 0 Å². The molecule has 1 spiro atoms. The fraction of sp³-hybridized carbons (Fsp3) is 0.429. The minimum Gasteiger partial charge on any atom is -0.456 e. The first-order chi connectivity index (χ1) is 13.8. The molecule has 0 bridgehead atoms. The molecule has 0 saturated carbocycles. The second-order valence-corrected chi connectivity index (χ2v) is 9.72. The molecule has 154 valence electrons. The Kier molecular flexibility index (Phi) is 4.57. The van der Waals surface area contributed by atoms with Gasteiger partial charge in [0.05, 0.1) is 23.5 Å². The molecule has 0 radical (unpaired) electrons. The maximum atomic E-state index is 13.0. The number of likely N-dealkylation sites (tertiary alicyclic amines) is 1. The average molecular weight is 416 g/mol. The summed E-state index contributed by atoms with van der Waals surface area (Å²) in [5.74, 6) is -0.738. The SMILES string of the molecule is C=CC(=O)N1CC[C@]23c4ccccc4N(S(=O)(=O)CC)[C@H]2C=C[C@@H](OC(C)=O)[C@H]13. The summed E-state index contributed by atoms with van der Waals surface area (Å²) < 4.78 is 33.1. The zero-order valence-corrected chi connectivity index (χ0v) is 17.3. The summed E-state index contributed by atoms with van der Waals surface area (Å²) in [6, 6.07) is 6.43. The Balaban J connectivity index is 1.96. The molecule has 8 heteroatoms. The highest BCUT2D eigenvalue weighted by molar-refractivity contribution is 7.92. The third kappa shape index (κ3) is 2.65. The van der Waals surface area contributed by atoms with Crippen LogP contribution in [0.1, 0.15) is 25.8 Å². The fourth-order valence-corrected chi connectivity index (χ4v) is 6.57. The zero-order valence-electron chi connectivity index (χ0n) is 16.4. The van der Waals surface area contributed by atoms with Gasteiger partial charge in [-0.1, -0.05) is 30.9 Å². The van der Waals surface area contributed by atoms with E-state index in [-0.39, 0.29) is 11.7 Å². The second-order valence-electron chi connectivity index (χ2n) is 7.59. The van der Waals surface area contributed by atoms with Crippen molar-refractivity contribution in [2.45, 2.75) is 43.9 Å². The van der Waals surface area contributed by atoms with Crippen LogP contribution < -0.4 is 4.31 Å². The number of nitrogens with zero attached hydrogens (tertiary/aromatic N) is 2. The van der Waals surface area contributed by atoms with E-state index in [2.05, 4.69) is 6.58 Å². The Morgan fingerprint density at radius 3 is 2.69 bits per heavy atom. The quantitative estimate of drug-likeness (QED) is 0.424. The van der Waals surface area contributed by atoms with Crippen LogP contribution in [0, 0.1) is 0 Å². The predicted molar refractivity (Wildman–Crippen MR) is 109 cm³/mol. The highest BCUT2D eigenvalue weighted by atomic mass is 32.2. The summed E-state index contributed by atoms with van der Waals surface area (Å²) in [5, 5.41) is 0. The van der Waals surface area contributed by atoms with Gasteiger partial charge >= 0.3 is 5.97 Å². The van der Waals surface area contributed by atoms with Gasteiger partial charge in [0, 0.05) is 18.9 Å². The van der Waals surface area contributed by atoms with Gasteiger partial charge in [0.25, 0.3) is 0 Å². The van der Waals surface area contributed by atoms with Crippen LogP contribution in [-0.2, 0) is 29.8 Å². The van der Waals surface area contributed by atoms with Crippen molar-refractivity contribution >= 4 is 27.6 Å². The van der Waals surface area contributed by atoms with Crippen molar-refractivity contribution in [1.29, 1.82) is 0 Å². The van der Waals surface area contributed by atoms with Gasteiger partial charge in [-0.15, -0.1) is 0 Å². The molecular formula is C21H24N2O5S. The summed E-state index contributed by atoms with van der Waals surface area (Å²) in [6.07, 6.45) is 4.69. The minimum atomic E-state index is -3.56. The number of carbonyl (C=O) groups is 2. The Morgan fingerprint density at radius 2 is 2.03 bits per heavy atom. The number of hydrogen-bond acceptors (Lipinski definition) is 5. The van der Waals surface area contributed by atoms with E-state index < -0.39 is 39.6 Å². The number of anilines is 1. The number of benzene rings is 1. The normalized spacial score (nSPS) is 29.8. The van der Waals surface area contributed by atoms with Gasteiger partial charge in [0.2, 0.25) is 15.9 Å². The van der Waals surface area contributed by atoms with E-state index in [0.717, 1.165) is 5.56 Å². The lowest BCUT2D eigenvalue weighted by molar-refractivity contribution is -0.150. The molecule has 4 atom stereocenters. The predicted octanol–water partition coefficient (Wildman–Crippen LogP) is 1.75. The molecule has 1 aromatic carbocycles. The highest BCUT2D eigenvalue weighted by Crippen LogP contribution is 2.57. The van der Waals surface area contributed by atoms with E-state index in [1.807, 2.05) is 24.3 Å². The van der Waals surface area contributed by atoms with Gasteiger partial charge in [-0.2, -0.15) is 0 Å². The average Bonchev–Trinajstić information content (AvgIpc) is 3.24. The number of ether oxygens (including phenoxy) is 1. The van der Waals surface area contributed by atoms with Gasteiger partial charge in [-0.05, 0) is 37.1 Å². The maximum Gasteiger partial charge on any atom is 0.303 e. The van der Waals surface area contributed by atoms with Crippen LogP contribution >= 0.6 is 0 Å². The van der Waals surface area contributed by atoms with E-state index in [9.17, 15) is 18.0 Å². The largest absolute Gasteiger partial charge is 0.456 e. The zero-order chi connectivity index (χ0) is 21.0. The molecule has 2 aliphatic heterocycles. The van der Waals surface area contributed by atoms with Crippen molar-refractivity contribution in [3.8, 4) is 0 Å². The first-order valence-corrected chi connectivity index (χ1v) is 11.3. The summed E-state index contributed by atoms with van der Waals surface area (Å²) in [4.78, 5) is 26.1. The number of sulfonamides is 1. The van der Waals surface area contributed by atoms with Crippen LogP contribution in [0.2, 0.25) is 0 Å². The van der Waals surface area contributed by atoms with Gasteiger partial charge in [-0.3, -0.25) is 13.9 Å². The first kappa shape index (κ1) is 19.7. The number of carbonyl (C=O) groups excluding carboxylic acids is 2. The van der Waals surface area contributed by atoms with Crippen molar-refractivity contribution in [3.05, 3.63) is 54.6 Å². The lowest BCUT2D eigenvalue weighted by Gasteiger charge is -2.45. The number of hydrogen-bond donors (Lipinski definition) is 0. The number of rotatable bonds is 4. The third-order valence-electron chi connectivity index (χ3n) is 6.27. The maximum absolute atomic E-state index is 13.0. The molecule has 3 aliphatic rings. The molecule has 1 aliphatic carbocycles. The molecule has 7 nitrogen and oxygen atoms in total. The van der Waals surface area contributed by atoms with E-state index in [1.54, 1.807) is 24.0 Å². The molecule has 29 heavy (non-hydrogen) atoms. The molecule has 0 N–H and O–H groups in total. The van der Waals surface area contributed by atoms with Crippen LogP contribution in [-0.4, -0.2) is 55.7 Å². The monoisotopic (exact) mass is 416 g/mol. The van der Waals surface area contributed by atoms with Crippen molar-refractivity contribution in [1.82, 2.24) is 4.90 Å². The van der Waals surface area contributed by atoms with Gasteiger partial charge in [-0.25, -0.2) is 8.42 Å². The molecule has 1 fully saturated rings. The van der Waals surface area contributed by atoms with Gasteiger partial charge in [0.1, 0.15) is 6.10 Å². The Hall–Kier alpha value is -2.61. The van der Waals surface area contributed by atoms with Crippen LogP contribution in [0.15, 0.2) is 49.1 Å². The molecule has 4 rings (SSSR count).